The lowest BCUT2D eigenvalue weighted by atomic mass is 9.96. The molecule has 4 rings (SSSR count). The molecule has 0 bridgehead atoms. The molecule has 1 unspecified atom stereocenters. The Kier molecular flexibility index (Phi) is 7.65. The van der Waals surface area contributed by atoms with E-state index < -0.39 is 16.1 Å². The summed E-state index contributed by atoms with van der Waals surface area (Å²) in [4.78, 5) is 25.2. The Morgan fingerprint density at radius 3 is 2.32 bits per heavy atom. The molecule has 2 aromatic carbocycles. The third-order valence-electron chi connectivity index (χ3n) is 6.49. The van der Waals surface area contributed by atoms with Gasteiger partial charge in [0.15, 0.2) is 0 Å². The third kappa shape index (κ3) is 5.65. The molecule has 1 saturated heterocycles. The molecule has 2 aromatic rings. The third-order valence-corrected chi connectivity index (χ3v) is 8.42. The zero-order valence-corrected chi connectivity index (χ0v) is 20.1. The SMILES string of the molecule is CN(C1CCCCC1)S(=O)(=O)c1ccc(NC(=O)c2cccc(NC(=O)C3CCCO3)c2)cc1. The monoisotopic (exact) mass is 485 g/mol. The topological polar surface area (TPSA) is 105 Å². The minimum absolute atomic E-state index is 0.0335. The molecular formula is C25H31N3O5S. The second kappa shape index (κ2) is 10.7. The summed E-state index contributed by atoms with van der Waals surface area (Å²) in [7, 11) is -1.95. The number of rotatable bonds is 7. The van der Waals surface area contributed by atoms with Crippen LogP contribution in [-0.2, 0) is 19.6 Å². The number of hydrogen-bond donors (Lipinski definition) is 2. The Bertz CT molecular complexity index is 1120. The minimum Gasteiger partial charge on any atom is -0.368 e. The lowest BCUT2D eigenvalue weighted by Crippen LogP contribution is -2.38. The van der Waals surface area contributed by atoms with Gasteiger partial charge in [0.1, 0.15) is 6.10 Å². The van der Waals surface area contributed by atoms with Crippen LogP contribution in [0.15, 0.2) is 53.4 Å². The van der Waals surface area contributed by atoms with Crippen molar-refractivity contribution < 1.29 is 22.7 Å². The molecule has 2 amide bonds. The average Bonchev–Trinajstić information content (AvgIpc) is 3.40. The number of benzene rings is 2. The highest BCUT2D eigenvalue weighted by molar-refractivity contribution is 7.89. The van der Waals surface area contributed by atoms with Crippen LogP contribution in [-0.4, -0.2) is 50.3 Å². The lowest BCUT2D eigenvalue weighted by Gasteiger charge is -2.30. The Hall–Kier alpha value is -2.75. The Labute approximate surface area is 200 Å². The number of sulfonamides is 1. The number of hydrogen-bond acceptors (Lipinski definition) is 5. The molecule has 1 saturated carbocycles. The predicted molar refractivity (Wildman–Crippen MR) is 130 cm³/mol. The summed E-state index contributed by atoms with van der Waals surface area (Å²) < 4.78 is 32.9. The largest absolute Gasteiger partial charge is 0.368 e. The molecule has 0 aromatic heterocycles. The molecule has 2 aliphatic rings. The van der Waals surface area contributed by atoms with E-state index in [2.05, 4.69) is 10.6 Å². The number of anilines is 2. The van der Waals surface area contributed by atoms with Gasteiger partial charge in [0.25, 0.3) is 11.8 Å². The van der Waals surface area contributed by atoms with Crippen LogP contribution < -0.4 is 10.6 Å². The van der Waals surface area contributed by atoms with Crippen LogP contribution in [0.25, 0.3) is 0 Å². The van der Waals surface area contributed by atoms with Crippen LogP contribution in [0.1, 0.15) is 55.3 Å². The Morgan fingerprint density at radius 2 is 1.65 bits per heavy atom. The maximum atomic E-state index is 13.0. The lowest BCUT2D eigenvalue weighted by molar-refractivity contribution is -0.124. The minimum atomic E-state index is -3.59. The average molecular weight is 486 g/mol. The number of carbonyl (C=O) groups is 2. The Balaban J connectivity index is 1.39. The molecule has 8 nitrogen and oxygen atoms in total. The van der Waals surface area contributed by atoms with E-state index in [1.54, 1.807) is 43.4 Å². The van der Waals surface area contributed by atoms with Crippen molar-refractivity contribution in [1.82, 2.24) is 4.31 Å². The number of amides is 2. The maximum Gasteiger partial charge on any atom is 0.255 e. The quantitative estimate of drug-likeness (QED) is 0.617. The fourth-order valence-electron chi connectivity index (χ4n) is 4.47. The zero-order valence-electron chi connectivity index (χ0n) is 19.3. The first kappa shape index (κ1) is 24.4. The molecule has 9 heteroatoms. The van der Waals surface area contributed by atoms with Crippen LogP contribution in [0, 0.1) is 0 Å². The van der Waals surface area contributed by atoms with E-state index in [0.29, 0.717) is 30.0 Å². The summed E-state index contributed by atoms with van der Waals surface area (Å²) in [5.74, 6) is -0.576. The van der Waals surface area contributed by atoms with Crippen molar-refractivity contribution in [2.45, 2.75) is 62.0 Å². The first-order valence-corrected chi connectivity index (χ1v) is 13.2. The van der Waals surface area contributed by atoms with Gasteiger partial charge >= 0.3 is 0 Å². The highest BCUT2D eigenvalue weighted by atomic mass is 32.2. The molecule has 0 spiro atoms. The molecule has 1 aliphatic heterocycles. The van der Waals surface area contributed by atoms with Gasteiger partial charge in [-0.25, -0.2) is 8.42 Å². The van der Waals surface area contributed by atoms with Crippen molar-refractivity contribution in [3.8, 4) is 0 Å². The molecule has 34 heavy (non-hydrogen) atoms. The second-order valence-corrected chi connectivity index (χ2v) is 10.9. The van der Waals surface area contributed by atoms with Crippen molar-refractivity contribution in [3.05, 3.63) is 54.1 Å². The van der Waals surface area contributed by atoms with Gasteiger partial charge < -0.3 is 15.4 Å². The summed E-state index contributed by atoms with van der Waals surface area (Å²) in [6.07, 6.45) is 6.12. The molecule has 2 fully saturated rings. The van der Waals surface area contributed by atoms with E-state index in [1.807, 2.05) is 0 Å². The maximum absolute atomic E-state index is 13.0. The fraction of sp³-hybridized carbons (Fsp3) is 0.440. The zero-order chi connectivity index (χ0) is 24.1. The molecule has 2 N–H and O–H groups in total. The highest BCUT2D eigenvalue weighted by Crippen LogP contribution is 2.27. The standard InChI is InChI=1S/C25H31N3O5S/c1-28(21-9-3-2-4-10-21)34(31,32)22-14-12-19(13-15-22)26-24(29)18-7-5-8-20(17-18)27-25(30)23-11-6-16-33-23/h5,7-8,12-15,17,21,23H,2-4,6,9-11,16H2,1H3,(H,26,29)(H,27,30). The summed E-state index contributed by atoms with van der Waals surface area (Å²) in [6, 6.07) is 12.9. The van der Waals surface area contributed by atoms with E-state index in [-0.39, 0.29) is 22.8 Å². The Morgan fingerprint density at radius 1 is 0.912 bits per heavy atom. The molecular weight excluding hydrogens is 454 g/mol. The molecule has 182 valence electrons. The van der Waals surface area contributed by atoms with Crippen molar-refractivity contribution in [3.63, 3.8) is 0 Å². The smallest absolute Gasteiger partial charge is 0.255 e. The van der Waals surface area contributed by atoms with Crippen molar-refractivity contribution in [1.29, 1.82) is 0 Å². The summed E-state index contributed by atoms with van der Waals surface area (Å²) in [5, 5.41) is 5.57. The highest BCUT2D eigenvalue weighted by Gasteiger charge is 2.29. The van der Waals surface area contributed by atoms with Crippen LogP contribution in [0.4, 0.5) is 11.4 Å². The number of ether oxygens (including phenoxy) is 1. The van der Waals surface area contributed by atoms with E-state index in [4.69, 9.17) is 4.74 Å². The summed E-state index contributed by atoms with van der Waals surface area (Å²) in [5.41, 5.74) is 1.37. The van der Waals surface area contributed by atoms with Crippen LogP contribution >= 0.6 is 0 Å². The molecule has 0 radical (unpaired) electrons. The fourth-order valence-corrected chi connectivity index (χ4v) is 5.88. The van der Waals surface area contributed by atoms with E-state index in [1.165, 1.54) is 16.4 Å². The van der Waals surface area contributed by atoms with Gasteiger partial charge in [0.2, 0.25) is 10.0 Å². The van der Waals surface area contributed by atoms with Crippen LogP contribution in [0.2, 0.25) is 0 Å². The van der Waals surface area contributed by atoms with Gasteiger partial charge in [-0.1, -0.05) is 25.3 Å². The van der Waals surface area contributed by atoms with E-state index in [0.717, 1.165) is 38.5 Å². The molecule has 1 heterocycles. The number of carbonyl (C=O) groups excluding carboxylic acids is 2. The van der Waals surface area contributed by atoms with Gasteiger partial charge in [-0.2, -0.15) is 4.31 Å². The summed E-state index contributed by atoms with van der Waals surface area (Å²) in [6.45, 7) is 0.581. The van der Waals surface area contributed by atoms with Crippen LogP contribution in [0.3, 0.4) is 0 Å². The first-order valence-electron chi connectivity index (χ1n) is 11.8. The van der Waals surface area contributed by atoms with E-state index >= 15 is 0 Å². The van der Waals surface area contributed by atoms with Crippen molar-refractivity contribution >= 4 is 33.2 Å². The van der Waals surface area contributed by atoms with Gasteiger partial charge in [-0.3, -0.25) is 9.59 Å². The van der Waals surface area contributed by atoms with Crippen molar-refractivity contribution in [2.24, 2.45) is 0 Å². The van der Waals surface area contributed by atoms with Gasteiger partial charge in [-0.05, 0) is 68.1 Å². The van der Waals surface area contributed by atoms with Crippen molar-refractivity contribution in [2.75, 3.05) is 24.3 Å². The molecule has 1 atom stereocenters. The van der Waals surface area contributed by atoms with Gasteiger partial charge in [0, 0.05) is 36.6 Å². The van der Waals surface area contributed by atoms with E-state index in [9.17, 15) is 18.0 Å². The molecule has 1 aliphatic carbocycles. The van der Waals surface area contributed by atoms with Gasteiger partial charge in [-0.15, -0.1) is 0 Å². The van der Waals surface area contributed by atoms with Gasteiger partial charge in [0.05, 0.1) is 4.90 Å². The van der Waals surface area contributed by atoms with Crippen LogP contribution in [0.5, 0.6) is 0 Å². The number of nitrogens with zero attached hydrogens (tertiary/aromatic N) is 1. The number of nitrogens with one attached hydrogen (secondary N) is 2. The second-order valence-electron chi connectivity index (χ2n) is 8.86. The first-order chi connectivity index (χ1) is 16.3. The summed E-state index contributed by atoms with van der Waals surface area (Å²) >= 11 is 0. The normalized spacial score (nSPS) is 19.2. The predicted octanol–water partition coefficient (Wildman–Crippen LogP) is 4.01.